The van der Waals surface area contributed by atoms with E-state index in [1.807, 2.05) is 24.5 Å². The van der Waals surface area contributed by atoms with Crippen LogP contribution in [0.25, 0.3) is 11.0 Å². The van der Waals surface area contributed by atoms with E-state index in [2.05, 4.69) is 5.32 Å². The molecule has 1 aromatic carbocycles. The Morgan fingerprint density at radius 3 is 2.81 bits per heavy atom. The molecule has 0 aliphatic carbocycles. The van der Waals surface area contributed by atoms with Crippen molar-refractivity contribution in [1.82, 2.24) is 5.32 Å². The summed E-state index contributed by atoms with van der Waals surface area (Å²) in [7, 11) is 1.31. The van der Waals surface area contributed by atoms with E-state index in [4.69, 9.17) is 9.15 Å². The Hall–Kier alpha value is -1.95. The molecule has 0 aliphatic rings. The zero-order valence-corrected chi connectivity index (χ0v) is 12.7. The SMILES string of the molecule is COC(=O)[C@H](CCSC)NC(=O)c1cc2ccccc2o1. The van der Waals surface area contributed by atoms with Crippen molar-refractivity contribution in [3.63, 3.8) is 0 Å². The maximum absolute atomic E-state index is 12.2. The second kappa shape index (κ2) is 7.17. The van der Waals surface area contributed by atoms with E-state index in [1.54, 1.807) is 23.9 Å². The van der Waals surface area contributed by atoms with Crippen molar-refractivity contribution in [1.29, 1.82) is 0 Å². The highest BCUT2D eigenvalue weighted by Gasteiger charge is 2.23. The average molecular weight is 307 g/mol. The fraction of sp³-hybridized carbons (Fsp3) is 0.333. The van der Waals surface area contributed by atoms with Gasteiger partial charge in [-0.15, -0.1) is 0 Å². The van der Waals surface area contributed by atoms with Crippen molar-refractivity contribution >= 4 is 34.6 Å². The molecule has 1 N–H and O–H groups in total. The smallest absolute Gasteiger partial charge is 0.328 e. The Balaban J connectivity index is 2.12. The summed E-state index contributed by atoms with van der Waals surface area (Å²) in [6, 6.07) is 8.35. The second-order valence-electron chi connectivity index (χ2n) is 4.48. The molecule has 1 aromatic heterocycles. The van der Waals surface area contributed by atoms with E-state index in [0.29, 0.717) is 12.0 Å². The summed E-state index contributed by atoms with van der Waals surface area (Å²) in [5.41, 5.74) is 0.640. The number of methoxy groups -OCH3 is 1. The molecule has 112 valence electrons. The molecule has 0 radical (unpaired) electrons. The van der Waals surface area contributed by atoms with E-state index < -0.39 is 17.9 Å². The van der Waals surface area contributed by atoms with Gasteiger partial charge in [-0.3, -0.25) is 4.79 Å². The summed E-state index contributed by atoms with van der Waals surface area (Å²) < 4.78 is 10.2. The maximum atomic E-state index is 12.2. The fourth-order valence-corrected chi connectivity index (χ4v) is 2.42. The van der Waals surface area contributed by atoms with Gasteiger partial charge in [-0.25, -0.2) is 4.79 Å². The lowest BCUT2D eigenvalue weighted by Gasteiger charge is -2.14. The highest BCUT2D eigenvalue weighted by atomic mass is 32.2. The minimum atomic E-state index is -0.664. The van der Waals surface area contributed by atoms with Crippen molar-refractivity contribution in [2.75, 3.05) is 19.1 Å². The van der Waals surface area contributed by atoms with Gasteiger partial charge in [-0.2, -0.15) is 11.8 Å². The number of esters is 1. The van der Waals surface area contributed by atoms with Crippen molar-refractivity contribution in [2.45, 2.75) is 12.5 Å². The number of rotatable bonds is 6. The summed E-state index contributed by atoms with van der Waals surface area (Å²) in [4.78, 5) is 23.9. The van der Waals surface area contributed by atoms with E-state index in [9.17, 15) is 9.59 Å². The predicted molar refractivity (Wildman–Crippen MR) is 82.5 cm³/mol. The molecule has 0 saturated heterocycles. The van der Waals surface area contributed by atoms with Crippen molar-refractivity contribution < 1.29 is 18.7 Å². The second-order valence-corrected chi connectivity index (χ2v) is 5.46. The molecule has 1 heterocycles. The Bertz CT molecular complexity index is 604. The zero-order valence-electron chi connectivity index (χ0n) is 11.9. The van der Waals surface area contributed by atoms with Crippen LogP contribution in [-0.4, -0.2) is 37.0 Å². The molecule has 2 aromatic rings. The first-order chi connectivity index (χ1) is 10.2. The first-order valence-electron chi connectivity index (χ1n) is 6.52. The van der Waals surface area contributed by atoms with Gasteiger partial charge in [0, 0.05) is 5.39 Å². The van der Waals surface area contributed by atoms with Crippen LogP contribution in [0.5, 0.6) is 0 Å². The van der Waals surface area contributed by atoms with Crippen LogP contribution in [-0.2, 0) is 9.53 Å². The lowest BCUT2D eigenvalue weighted by molar-refractivity contribution is -0.142. The van der Waals surface area contributed by atoms with E-state index >= 15 is 0 Å². The Morgan fingerprint density at radius 2 is 2.14 bits per heavy atom. The van der Waals surface area contributed by atoms with Gasteiger partial charge in [-0.05, 0) is 30.6 Å². The highest BCUT2D eigenvalue weighted by Crippen LogP contribution is 2.18. The molecule has 2 rings (SSSR count). The van der Waals surface area contributed by atoms with Gasteiger partial charge in [0.2, 0.25) is 0 Å². The number of amides is 1. The molecule has 21 heavy (non-hydrogen) atoms. The van der Waals surface area contributed by atoms with Crippen LogP contribution in [0, 0.1) is 0 Å². The molecular formula is C15H17NO4S. The molecule has 5 nitrogen and oxygen atoms in total. The normalized spacial score (nSPS) is 12.1. The standard InChI is InChI=1S/C15H17NO4S/c1-19-15(18)11(7-8-21-2)16-14(17)13-9-10-5-3-4-6-12(10)20-13/h3-6,9,11H,7-8H2,1-2H3,(H,16,17)/t11-/m0/s1. The molecule has 1 amide bonds. The lowest BCUT2D eigenvalue weighted by Crippen LogP contribution is -2.41. The van der Waals surface area contributed by atoms with Crippen LogP contribution >= 0.6 is 11.8 Å². The van der Waals surface area contributed by atoms with Gasteiger partial charge in [0.05, 0.1) is 7.11 Å². The van der Waals surface area contributed by atoms with Crippen LogP contribution in [0.2, 0.25) is 0 Å². The summed E-state index contributed by atoms with van der Waals surface area (Å²) in [5.74, 6) is 0.0747. The topological polar surface area (TPSA) is 68.5 Å². The Labute approximate surface area is 127 Å². The van der Waals surface area contributed by atoms with Gasteiger partial charge < -0.3 is 14.5 Å². The molecule has 0 aliphatic heterocycles. The summed E-state index contributed by atoms with van der Waals surface area (Å²) in [6.07, 6.45) is 2.45. The number of benzene rings is 1. The monoisotopic (exact) mass is 307 g/mol. The van der Waals surface area contributed by atoms with Crippen LogP contribution in [0.3, 0.4) is 0 Å². The van der Waals surface area contributed by atoms with Gasteiger partial charge in [0.15, 0.2) is 5.76 Å². The first-order valence-corrected chi connectivity index (χ1v) is 7.91. The third kappa shape index (κ3) is 3.78. The zero-order chi connectivity index (χ0) is 15.2. The maximum Gasteiger partial charge on any atom is 0.328 e. The first kappa shape index (κ1) is 15.4. The highest BCUT2D eigenvalue weighted by molar-refractivity contribution is 7.98. The molecular weight excluding hydrogens is 290 g/mol. The van der Waals surface area contributed by atoms with Crippen LogP contribution in [0.15, 0.2) is 34.7 Å². The number of para-hydroxylation sites is 1. The average Bonchev–Trinajstić information content (AvgIpc) is 2.94. The van der Waals surface area contributed by atoms with Gasteiger partial charge >= 0.3 is 5.97 Å². The summed E-state index contributed by atoms with van der Waals surface area (Å²) in [5, 5.41) is 3.51. The molecule has 0 fully saturated rings. The number of carbonyl (C=O) groups is 2. The molecule has 0 bridgehead atoms. The molecule has 6 heteroatoms. The minimum absolute atomic E-state index is 0.189. The Morgan fingerprint density at radius 1 is 1.38 bits per heavy atom. The van der Waals surface area contributed by atoms with E-state index in [1.165, 1.54) is 7.11 Å². The number of hydrogen-bond acceptors (Lipinski definition) is 5. The van der Waals surface area contributed by atoms with Crippen LogP contribution < -0.4 is 5.32 Å². The number of thioether (sulfide) groups is 1. The number of furan rings is 1. The quantitative estimate of drug-likeness (QED) is 0.830. The third-order valence-electron chi connectivity index (χ3n) is 3.05. The molecule has 1 atom stereocenters. The third-order valence-corrected chi connectivity index (χ3v) is 3.69. The molecule has 0 saturated carbocycles. The van der Waals surface area contributed by atoms with E-state index in [-0.39, 0.29) is 5.76 Å². The van der Waals surface area contributed by atoms with E-state index in [0.717, 1.165) is 11.1 Å². The van der Waals surface area contributed by atoms with Gasteiger partial charge in [0.25, 0.3) is 5.91 Å². The summed E-state index contributed by atoms with van der Waals surface area (Å²) >= 11 is 1.60. The van der Waals surface area contributed by atoms with Gasteiger partial charge in [-0.1, -0.05) is 18.2 Å². The predicted octanol–water partition coefficient (Wildman–Crippen LogP) is 2.46. The number of ether oxygens (including phenoxy) is 1. The van der Waals surface area contributed by atoms with Crippen LogP contribution in [0.1, 0.15) is 17.0 Å². The number of hydrogen-bond donors (Lipinski definition) is 1. The number of fused-ring (bicyclic) bond motifs is 1. The van der Waals surface area contributed by atoms with Crippen molar-refractivity contribution in [3.8, 4) is 0 Å². The lowest BCUT2D eigenvalue weighted by atomic mass is 10.2. The van der Waals surface area contributed by atoms with Gasteiger partial charge in [0.1, 0.15) is 11.6 Å². The minimum Gasteiger partial charge on any atom is -0.467 e. The summed E-state index contributed by atoms with van der Waals surface area (Å²) in [6.45, 7) is 0. The largest absolute Gasteiger partial charge is 0.467 e. The molecule has 0 unspecified atom stereocenters. The fourth-order valence-electron chi connectivity index (χ4n) is 1.95. The molecule has 0 spiro atoms. The van der Waals surface area contributed by atoms with Crippen molar-refractivity contribution in [2.24, 2.45) is 0 Å². The van der Waals surface area contributed by atoms with Crippen LogP contribution in [0.4, 0.5) is 0 Å². The number of nitrogens with one attached hydrogen (secondary N) is 1. The Kier molecular flexibility index (Phi) is 5.27. The number of carbonyl (C=O) groups excluding carboxylic acids is 2. The van der Waals surface area contributed by atoms with Crippen molar-refractivity contribution in [3.05, 3.63) is 36.1 Å².